The fourth-order valence-electron chi connectivity index (χ4n) is 1.68. The molecule has 0 aliphatic rings. The van der Waals surface area contributed by atoms with E-state index in [0.717, 1.165) is 5.56 Å². The van der Waals surface area contributed by atoms with E-state index in [-0.39, 0.29) is 5.91 Å². The van der Waals surface area contributed by atoms with Gasteiger partial charge in [-0.2, -0.15) is 0 Å². The SMILES string of the molecule is O=C(NCCc1c(Cl)cccc1Cl)c1ccncc1. The molecule has 1 amide bonds. The number of hydrogen-bond donors (Lipinski definition) is 1. The Morgan fingerprint density at radius 3 is 2.37 bits per heavy atom. The van der Waals surface area contributed by atoms with Gasteiger partial charge in [0.25, 0.3) is 5.91 Å². The van der Waals surface area contributed by atoms with E-state index >= 15 is 0 Å². The molecule has 0 bridgehead atoms. The molecule has 0 saturated heterocycles. The van der Waals surface area contributed by atoms with E-state index in [2.05, 4.69) is 10.3 Å². The molecular formula is C14H12Cl2N2O. The number of pyridine rings is 1. The molecule has 1 heterocycles. The van der Waals surface area contributed by atoms with Crippen molar-refractivity contribution in [1.82, 2.24) is 10.3 Å². The minimum absolute atomic E-state index is 0.134. The maximum absolute atomic E-state index is 11.8. The summed E-state index contributed by atoms with van der Waals surface area (Å²) in [5.74, 6) is -0.134. The van der Waals surface area contributed by atoms with Crippen LogP contribution >= 0.6 is 23.2 Å². The van der Waals surface area contributed by atoms with Crippen molar-refractivity contribution >= 4 is 29.1 Å². The van der Waals surface area contributed by atoms with Gasteiger partial charge in [-0.15, -0.1) is 0 Å². The molecule has 5 heteroatoms. The highest BCUT2D eigenvalue weighted by atomic mass is 35.5. The van der Waals surface area contributed by atoms with Gasteiger partial charge in [-0.1, -0.05) is 29.3 Å². The Kier molecular flexibility index (Phi) is 4.77. The van der Waals surface area contributed by atoms with E-state index in [4.69, 9.17) is 23.2 Å². The van der Waals surface area contributed by atoms with Crippen LogP contribution in [0.1, 0.15) is 15.9 Å². The Morgan fingerprint density at radius 2 is 1.74 bits per heavy atom. The normalized spacial score (nSPS) is 10.2. The molecule has 2 rings (SSSR count). The molecule has 3 nitrogen and oxygen atoms in total. The highest BCUT2D eigenvalue weighted by Crippen LogP contribution is 2.24. The van der Waals surface area contributed by atoms with Gasteiger partial charge in [0.1, 0.15) is 0 Å². The third-order valence-electron chi connectivity index (χ3n) is 2.66. The quantitative estimate of drug-likeness (QED) is 0.939. The number of carbonyl (C=O) groups is 1. The number of benzene rings is 1. The van der Waals surface area contributed by atoms with Crippen molar-refractivity contribution in [3.63, 3.8) is 0 Å². The van der Waals surface area contributed by atoms with Crippen LogP contribution in [0.5, 0.6) is 0 Å². The van der Waals surface area contributed by atoms with E-state index in [1.54, 1.807) is 42.7 Å². The lowest BCUT2D eigenvalue weighted by Gasteiger charge is -2.08. The third kappa shape index (κ3) is 3.69. The van der Waals surface area contributed by atoms with Crippen molar-refractivity contribution in [2.45, 2.75) is 6.42 Å². The summed E-state index contributed by atoms with van der Waals surface area (Å²) in [6, 6.07) is 8.69. The first-order valence-corrected chi connectivity index (χ1v) is 6.55. The third-order valence-corrected chi connectivity index (χ3v) is 3.37. The fourth-order valence-corrected chi connectivity index (χ4v) is 2.26. The first-order valence-electron chi connectivity index (χ1n) is 5.79. The highest BCUT2D eigenvalue weighted by molar-refractivity contribution is 6.35. The van der Waals surface area contributed by atoms with Gasteiger partial charge in [-0.3, -0.25) is 9.78 Å². The highest BCUT2D eigenvalue weighted by Gasteiger charge is 2.07. The first-order chi connectivity index (χ1) is 9.18. The molecule has 0 fully saturated rings. The Bertz CT molecular complexity index is 553. The average Bonchev–Trinajstić information content (AvgIpc) is 2.43. The van der Waals surface area contributed by atoms with Crippen LogP contribution in [0, 0.1) is 0 Å². The molecule has 0 aliphatic carbocycles. The van der Waals surface area contributed by atoms with Crippen molar-refractivity contribution in [2.24, 2.45) is 0 Å². The summed E-state index contributed by atoms with van der Waals surface area (Å²) >= 11 is 12.1. The van der Waals surface area contributed by atoms with E-state index in [9.17, 15) is 4.79 Å². The summed E-state index contributed by atoms with van der Waals surface area (Å²) in [5.41, 5.74) is 1.43. The number of hydrogen-bond acceptors (Lipinski definition) is 2. The van der Waals surface area contributed by atoms with Crippen molar-refractivity contribution in [3.05, 3.63) is 63.9 Å². The molecule has 19 heavy (non-hydrogen) atoms. The zero-order valence-corrected chi connectivity index (χ0v) is 11.6. The molecule has 0 unspecified atom stereocenters. The second-order valence-electron chi connectivity index (χ2n) is 3.94. The zero-order chi connectivity index (χ0) is 13.7. The molecule has 2 aromatic rings. The maximum atomic E-state index is 11.8. The monoisotopic (exact) mass is 294 g/mol. The maximum Gasteiger partial charge on any atom is 0.251 e. The van der Waals surface area contributed by atoms with Gasteiger partial charge in [0, 0.05) is 34.5 Å². The van der Waals surface area contributed by atoms with Crippen molar-refractivity contribution < 1.29 is 4.79 Å². The number of aromatic nitrogens is 1. The summed E-state index contributed by atoms with van der Waals surface area (Å²) in [7, 11) is 0. The summed E-state index contributed by atoms with van der Waals surface area (Å²) in [6.07, 6.45) is 3.76. The molecule has 1 aromatic carbocycles. The number of nitrogens with zero attached hydrogens (tertiary/aromatic N) is 1. The van der Waals surface area contributed by atoms with E-state index in [1.165, 1.54) is 0 Å². The minimum Gasteiger partial charge on any atom is -0.352 e. The molecule has 98 valence electrons. The van der Waals surface area contributed by atoms with Crippen LogP contribution in [-0.2, 0) is 6.42 Å². The van der Waals surface area contributed by atoms with Gasteiger partial charge in [0.05, 0.1) is 0 Å². The Morgan fingerprint density at radius 1 is 1.11 bits per heavy atom. The lowest BCUT2D eigenvalue weighted by atomic mass is 10.1. The average molecular weight is 295 g/mol. The predicted molar refractivity (Wildman–Crippen MR) is 76.7 cm³/mol. The number of carbonyl (C=O) groups excluding carboxylic acids is 1. The second-order valence-corrected chi connectivity index (χ2v) is 4.76. The van der Waals surface area contributed by atoms with Crippen LogP contribution < -0.4 is 5.32 Å². The lowest BCUT2D eigenvalue weighted by molar-refractivity contribution is 0.0954. The van der Waals surface area contributed by atoms with E-state index in [1.807, 2.05) is 0 Å². The zero-order valence-electron chi connectivity index (χ0n) is 10.1. The van der Waals surface area contributed by atoms with Crippen LogP contribution in [0.15, 0.2) is 42.7 Å². The Balaban J connectivity index is 1.92. The van der Waals surface area contributed by atoms with Crippen molar-refractivity contribution in [1.29, 1.82) is 0 Å². The molecular weight excluding hydrogens is 283 g/mol. The van der Waals surface area contributed by atoms with Crippen molar-refractivity contribution in [3.8, 4) is 0 Å². The number of nitrogens with one attached hydrogen (secondary N) is 1. The first kappa shape index (κ1) is 13.8. The molecule has 0 radical (unpaired) electrons. The standard InChI is InChI=1S/C14H12Cl2N2O/c15-12-2-1-3-13(16)11(12)6-9-18-14(19)10-4-7-17-8-5-10/h1-5,7-8H,6,9H2,(H,18,19). The Labute approximate surface area is 121 Å². The van der Waals surface area contributed by atoms with Crippen LogP contribution in [0.4, 0.5) is 0 Å². The summed E-state index contributed by atoms with van der Waals surface area (Å²) in [6.45, 7) is 0.477. The van der Waals surface area contributed by atoms with Crippen LogP contribution in [0.3, 0.4) is 0 Å². The van der Waals surface area contributed by atoms with Crippen LogP contribution in [0.2, 0.25) is 10.0 Å². The van der Waals surface area contributed by atoms with Gasteiger partial charge in [-0.25, -0.2) is 0 Å². The predicted octanol–water partition coefficient (Wildman–Crippen LogP) is 3.36. The van der Waals surface area contributed by atoms with Gasteiger partial charge in [0.2, 0.25) is 0 Å². The largest absolute Gasteiger partial charge is 0.352 e. The molecule has 1 aromatic heterocycles. The van der Waals surface area contributed by atoms with Crippen LogP contribution in [-0.4, -0.2) is 17.4 Å². The van der Waals surface area contributed by atoms with Gasteiger partial charge in [0.15, 0.2) is 0 Å². The molecule has 0 saturated carbocycles. The summed E-state index contributed by atoms with van der Waals surface area (Å²) < 4.78 is 0. The molecule has 0 spiro atoms. The number of halogens is 2. The fraction of sp³-hybridized carbons (Fsp3) is 0.143. The second kappa shape index (κ2) is 6.55. The molecule has 0 atom stereocenters. The molecule has 0 aliphatic heterocycles. The minimum atomic E-state index is -0.134. The Hall–Kier alpha value is -1.58. The summed E-state index contributed by atoms with van der Waals surface area (Å²) in [5, 5.41) is 4.05. The van der Waals surface area contributed by atoms with Gasteiger partial charge >= 0.3 is 0 Å². The number of amides is 1. The van der Waals surface area contributed by atoms with Gasteiger partial charge < -0.3 is 5.32 Å². The van der Waals surface area contributed by atoms with Crippen LogP contribution in [0.25, 0.3) is 0 Å². The van der Waals surface area contributed by atoms with E-state index in [0.29, 0.717) is 28.6 Å². The van der Waals surface area contributed by atoms with Crippen molar-refractivity contribution in [2.75, 3.05) is 6.54 Å². The van der Waals surface area contributed by atoms with E-state index < -0.39 is 0 Å². The number of rotatable bonds is 4. The van der Waals surface area contributed by atoms with Gasteiger partial charge in [-0.05, 0) is 36.2 Å². The smallest absolute Gasteiger partial charge is 0.251 e. The molecule has 1 N–H and O–H groups in total. The topological polar surface area (TPSA) is 42.0 Å². The lowest BCUT2D eigenvalue weighted by Crippen LogP contribution is -2.25. The summed E-state index contributed by atoms with van der Waals surface area (Å²) in [4.78, 5) is 15.7.